The summed E-state index contributed by atoms with van der Waals surface area (Å²) in [7, 11) is -2.49. The van der Waals surface area contributed by atoms with E-state index in [1.807, 2.05) is 12.1 Å². The molecule has 3 heterocycles. The Labute approximate surface area is 219 Å². The highest BCUT2D eigenvalue weighted by atomic mass is 35.5. The van der Waals surface area contributed by atoms with Gasteiger partial charge in [0.1, 0.15) is 6.10 Å². The third-order valence-electron chi connectivity index (χ3n) is 7.15. The van der Waals surface area contributed by atoms with Gasteiger partial charge in [-0.2, -0.15) is 8.42 Å². The summed E-state index contributed by atoms with van der Waals surface area (Å²) in [6, 6.07) is 7.13. The largest absolute Gasteiger partial charge is 0.384 e. The highest BCUT2D eigenvalue weighted by Crippen LogP contribution is 2.52. The molecule has 1 aromatic carbocycles. The molecule has 200 valence electrons. The second kappa shape index (κ2) is 9.33. The van der Waals surface area contributed by atoms with Crippen LogP contribution in [0.2, 0.25) is 5.02 Å². The molecular weight excluding hydrogens is 528 g/mol. The van der Waals surface area contributed by atoms with Crippen LogP contribution in [0, 0.1) is 5.92 Å². The van der Waals surface area contributed by atoms with Crippen molar-refractivity contribution in [2.45, 2.75) is 38.3 Å². The molecule has 37 heavy (non-hydrogen) atoms. The smallest absolute Gasteiger partial charge is 0.325 e. The van der Waals surface area contributed by atoms with E-state index in [1.165, 1.54) is 14.0 Å². The van der Waals surface area contributed by atoms with E-state index >= 15 is 0 Å². The number of hydrogen-bond donors (Lipinski definition) is 2. The summed E-state index contributed by atoms with van der Waals surface area (Å²) in [6.45, 7) is 4.35. The fourth-order valence-corrected chi connectivity index (χ4v) is 6.00. The Morgan fingerprint density at radius 1 is 1.27 bits per heavy atom. The summed E-state index contributed by atoms with van der Waals surface area (Å²) in [5.74, 6) is -3.72. The number of benzene rings is 1. The number of anilines is 2. The summed E-state index contributed by atoms with van der Waals surface area (Å²) < 4.78 is 55.8. The Bertz CT molecular complexity index is 1350. The Hall–Kier alpha value is -2.54. The van der Waals surface area contributed by atoms with Crippen LogP contribution in [-0.4, -0.2) is 79.5 Å². The minimum absolute atomic E-state index is 0.0218. The molecule has 2 atom stereocenters. The van der Waals surface area contributed by atoms with Crippen LogP contribution >= 0.6 is 11.6 Å². The molecule has 1 amide bonds. The maximum Gasteiger partial charge on any atom is 0.325 e. The van der Waals surface area contributed by atoms with Crippen LogP contribution < -0.4 is 9.03 Å². The third-order valence-corrected chi connectivity index (χ3v) is 8.83. The molecule has 2 N–H and O–H groups in total. The Morgan fingerprint density at radius 2 is 1.95 bits per heavy atom. The van der Waals surface area contributed by atoms with Gasteiger partial charge in [0.25, 0.3) is 11.8 Å². The first-order valence-corrected chi connectivity index (χ1v) is 13.8. The maximum absolute atomic E-state index is 13.7. The number of aliphatic hydroxyl groups is 1. The molecule has 13 heteroatoms. The number of carbonyl (C=O) groups excluding carboxylic acids is 1. The predicted octanol–water partition coefficient (Wildman–Crippen LogP) is 2.73. The quantitative estimate of drug-likeness (QED) is 0.568. The van der Waals surface area contributed by atoms with Crippen molar-refractivity contribution in [3.63, 3.8) is 0 Å². The zero-order valence-corrected chi connectivity index (χ0v) is 22.0. The first-order valence-electron chi connectivity index (χ1n) is 12.0. The standard InChI is InChI=1S/C24H28ClF2N5O4S/c1-14(33)23(34)32-7-5-31(6-8-32)13-15-3-4-19(25)18(9-15)20-11-16(10-17-12-24(17,26)27)21-22(28-20)30(2)37(35,36)29-21/h3-4,9,11,14,17,29,33H,5-8,10,12-13H2,1-2H3/t14-,17?/m1/s1. The number of alkyl halides is 2. The van der Waals surface area contributed by atoms with E-state index in [0.29, 0.717) is 54.6 Å². The first-order chi connectivity index (χ1) is 17.4. The monoisotopic (exact) mass is 555 g/mol. The van der Waals surface area contributed by atoms with E-state index in [0.717, 1.165) is 9.87 Å². The molecule has 2 fully saturated rings. The van der Waals surface area contributed by atoms with Gasteiger partial charge in [-0.15, -0.1) is 0 Å². The SMILES string of the molecule is C[C@@H](O)C(=O)N1CCN(Cc2ccc(Cl)c(-c3cc(CC4CC4(F)F)c4c(n3)N(C)S(=O)(=O)N4)c2)CC1. The van der Waals surface area contributed by atoms with Crippen LogP contribution in [0.25, 0.3) is 11.3 Å². The average molecular weight is 556 g/mol. The molecule has 1 unspecified atom stereocenters. The van der Waals surface area contributed by atoms with Gasteiger partial charge in [-0.3, -0.25) is 14.4 Å². The fourth-order valence-electron chi connectivity index (χ4n) is 4.80. The van der Waals surface area contributed by atoms with Crippen LogP contribution in [0.3, 0.4) is 0 Å². The van der Waals surface area contributed by atoms with Crippen LogP contribution in [0.1, 0.15) is 24.5 Å². The highest BCUT2D eigenvalue weighted by molar-refractivity contribution is 7.94. The minimum Gasteiger partial charge on any atom is -0.384 e. The van der Waals surface area contributed by atoms with E-state index < -0.39 is 28.2 Å². The van der Waals surface area contributed by atoms with Gasteiger partial charge in [0.2, 0.25) is 0 Å². The van der Waals surface area contributed by atoms with Crippen LogP contribution in [0.4, 0.5) is 20.3 Å². The Morgan fingerprint density at radius 3 is 2.57 bits per heavy atom. The minimum atomic E-state index is -3.85. The van der Waals surface area contributed by atoms with Crippen molar-refractivity contribution >= 4 is 39.2 Å². The van der Waals surface area contributed by atoms with Crippen molar-refractivity contribution in [2.75, 3.05) is 42.3 Å². The van der Waals surface area contributed by atoms with Crippen LogP contribution in [-0.2, 0) is 28.0 Å². The number of amides is 1. The van der Waals surface area contributed by atoms with E-state index in [2.05, 4.69) is 14.6 Å². The van der Waals surface area contributed by atoms with Crippen molar-refractivity contribution < 1.29 is 27.1 Å². The number of pyridine rings is 1. The molecule has 3 aliphatic rings. The predicted molar refractivity (Wildman–Crippen MR) is 136 cm³/mol. The molecule has 0 spiro atoms. The second-order valence-corrected chi connectivity index (χ2v) is 12.0. The molecule has 2 aromatic rings. The van der Waals surface area contributed by atoms with Gasteiger partial charge in [-0.1, -0.05) is 17.7 Å². The third kappa shape index (κ3) is 5.12. The molecule has 5 rings (SSSR count). The average Bonchev–Trinajstić information content (AvgIpc) is 3.37. The number of aliphatic hydroxyl groups excluding tert-OH is 1. The summed E-state index contributed by atoms with van der Waals surface area (Å²) in [4.78, 5) is 20.4. The number of piperazine rings is 1. The molecular formula is C24H28ClF2N5O4S. The van der Waals surface area contributed by atoms with Crippen LogP contribution in [0.5, 0.6) is 0 Å². The first kappa shape index (κ1) is 26.1. The number of halogens is 3. The lowest BCUT2D eigenvalue weighted by molar-refractivity contribution is -0.141. The lowest BCUT2D eigenvalue weighted by Crippen LogP contribution is -2.50. The second-order valence-electron chi connectivity index (χ2n) is 9.90. The molecule has 1 aliphatic carbocycles. The van der Waals surface area contributed by atoms with Crippen molar-refractivity contribution in [3.8, 4) is 11.3 Å². The lowest BCUT2D eigenvalue weighted by Gasteiger charge is -2.35. The summed E-state index contributed by atoms with van der Waals surface area (Å²) in [5.41, 5.74) is 2.60. The Balaban J connectivity index is 1.41. The van der Waals surface area contributed by atoms with Crippen molar-refractivity contribution in [1.29, 1.82) is 0 Å². The molecule has 0 bridgehead atoms. The van der Waals surface area contributed by atoms with Gasteiger partial charge in [-0.25, -0.2) is 18.1 Å². The van der Waals surface area contributed by atoms with Gasteiger partial charge in [0.15, 0.2) is 5.82 Å². The highest BCUT2D eigenvalue weighted by Gasteiger charge is 2.56. The topological polar surface area (TPSA) is 106 Å². The molecule has 1 aromatic heterocycles. The number of carbonyl (C=O) groups is 1. The molecule has 2 aliphatic heterocycles. The van der Waals surface area contributed by atoms with E-state index in [9.17, 15) is 27.1 Å². The number of rotatable bonds is 6. The summed E-state index contributed by atoms with van der Waals surface area (Å²) in [5, 5.41) is 9.94. The van der Waals surface area contributed by atoms with Gasteiger partial charge in [0.05, 0.1) is 11.4 Å². The Kier molecular flexibility index (Phi) is 6.58. The molecule has 1 saturated heterocycles. The number of fused-ring (bicyclic) bond motifs is 1. The van der Waals surface area contributed by atoms with Crippen molar-refractivity contribution in [1.82, 2.24) is 14.8 Å². The normalized spacial score (nSPS) is 22.9. The molecule has 1 saturated carbocycles. The van der Waals surface area contributed by atoms with Gasteiger partial charge in [-0.05, 0) is 42.7 Å². The summed E-state index contributed by atoms with van der Waals surface area (Å²) >= 11 is 6.53. The summed E-state index contributed by atoms with van der Waals surface area (Å²) in [6.07, 6.45) is -1.23. The van der Waals surface area contributed by atoms with E-state index in [1.54, 1.807) is 17.0 Å². The van der Waals surface area contributed by atoms with Gasteiger partial charge >= 0.3 is 10.2 Å². The van der Waals surface area contributed by atoms with Crippen LogP contribution in [0.15, 0.2) is 24.3 Å². The van der Waals surface area contributed by atoms with Crippen molar-refractivity contribution in [2.24, 2.45) is 5.92 Å². The van der Waals surface area contributed by atoms with E-state index in [-0.39, 0.29) is 30.3 Å². The molecule has 0 radical (unpaired) electrons. The number of nitrogens with zero attached hydrogens (tertiary/aromatic N) is 4. The molecule has 9 nitrogen and oxygen atoms in total. The van der Waals surface area contributed by atoms with Gasteiger partial charge in [0, 0.05) is 62.7 Å². The number of aromatic nitrogens is 1. The van der Waals surface area contributed by atoms with Crippen molar-refractivity contribution in [3.05, 3.63) is 40.4 Å². The number of nitrogens with one attached hydrogen (secondary N) is 1. The number of hydrogen-bond acceptors (Lipinski definition) is 6. The zero-order chi connectivity index (χ0) is 26.7. The fraction of sp³-hybridized carbons (Fsp3) is 0.500. The van der Waals surface area contributed by atoms with Gasteiger partial charge < -0.3 is 10.0 Å². The zero-order valence-electron chi connectivity index (χ0n) is 20.4. The maximum atomic E-state index is 13.7. The lowest BCUT2D eigenvalue weighted by atomic mass is 10.0. The van der Waals surface area contributed by atoms with E-state index in [4.69, 9.17) is 11.6 Å².